The van der Waals surface area contributed by atoms with Gasteiger partial charge < -0.3 is 29.2 Å². The van der Waals surface area contributed by atoms with Gasteiger partial charge in [-0.25, -0.2) is 0 Å². The van der Waals surface area contributed by atoms with Crippen molar-refractivity contribution in [2.24, 2.45) is 11.0 Å². The Labute approximate surface area is 236 Å². The van der Waals surface area contributed by atoms with E-state index in [2.05, 4.69) is 32.5 Å². The number of ether oxygens (including phenoxy) is 3. The summed E-state index contributed by atoms with van der Waals surface area (Å²) in [7, 11) is -2.78. The van der Waals surface area contributed by atoms with Crippen LogP contribution in [0.4, 0.5) is 0 Å². The Hall–Kier alpha value is -3.69. The summed E-state index contributed by atoms with van der Waals surface area (Å²) in [5.41, 5.74) is 8.91. The number of aliphatic hydroxyl groups is 1. The van der Waals surface area contributed by atoms with Crippen molar-refractivity contribution < 1.29 is 42.8 Å². The Morgan fingerprint density at radius 1 is 1.39 bits per heavy atom. The van der Waals surface area contributed by atoms with Crippen LogP contribution in [0.5, 0.6) is 5.75 Å². The molecule has 1 aromatic rings. The zero-order chi connectivity index (χ0) is 30.0. The summed E-state index contributed by atoms with van der Waals surface area (Å²) >= 11 is 0. The maximum absolute atomic E-state index is 12.6. The van der Waals surface area contributed by atoms with Crippen LogP contribution in [-0.2, 0) is 28.2 Å². The fourth-order valence-electron chi connectivity index (χ4n) is 3.99. The SMILES string of the molecule is CCOC(COc1cccc(C(=O)NCC#CC2=CC(C3CC(O)C(COP(C)(C)=O)O3)C(=O)NC2=O)c1)N=[N+]=[N-]. The maximum atomic E-state index is 12.6. The number of hydrogen-bond donors (Lipinski definition) is 3. The van der Waals surface area contributed by atoms with Gasteiger partial charge in [0, 0.05) is 36.8 Å². The number of amides is 3. The van der Waals surface area contributed by atoms with Gasteiger partial charge in [0.2, 0.25) is 5.91 Å². The van der Waals surface area contributed by atoms with Crippen molar-refractivity contribution in [2.45, 2.75) is 37.9 Å². The van der Waals surface area contributed by atoms with Crippen molar-refractivity contribution in [2.75, 3.05) is 39.7 Å². The molecule has 2 aliphatic rings. The van der Waals surface area contributed by atoms with Crippen LogP contribution in [0.2, 0.25) is 0 Å². The number of carbonyl (C=O) groups is 3. The molecule has 0 bridgehead atoms. The van der Waals surface area contributed by atoms with Gasteiger partial charge in [-0.3, -0.25) is 24.3 Å². The molecule has 41 heavy (non-hydrogen) atoms. The molecule has 14 nitrogen and oxygen atoms in total. The van der Waals surface area contributed by atoms with Crippen LogP contribution < -0.4 is 15.4 Å². The molecule has 0 aliphatic carbocycles. The lowest BCUT2D eigenvalue weighted by Gasteiger charge is -2.23. The third-order valence-electron chi connectivity index (χ3n) is 5.92. The molecule has 1 fully saturated rings. The third-order valence-corrected chi connectivity index (χ3v) is 6.69. The highest BCUT2D eigenvalue weighted by Gasteiger charge is 2.42. The largest absolute Gasteiger partial charge is 0.491 e. The van der Waals surface area contributed by atoms with E-state index in [1.807, 2.05) is 0 Å². The Morgan fingerprint density at radius 2 is 2.17 bits per heavy atom. The number of rotatable bonds is 12. The molecule has 1 saturated heterocycles. The van der Waals surface area contributed by atoms with Gasteiger partial charge in [0.15, 0.2) is 13.6 Å². The lowest BCUT2D eigenvalue weighted by molar-refractivity contribution is -0.134. The number of nitrogens with one attached hydrogen (secondary N) is 2. The van der Waals surface area contributed by atoms with Gasteiger partial charge in [-0.15, -0.1) is 0 Å². The molecule has 0 aromatic heterocycles. The van der Waals surface area contributed by atoms with Gasteiger partial charge in [-0.05, 0) is 36.7 Å². The number of aliphatic hydroxyl groups excluding tert-OH is 1. The maximum Gasteiger partial charge on any atom is 0.266 e. The van der Waals surface area contributed by atoms with E-state index in [9.17, 15) is 24.1 Å². The van der Waals surface area contributed by atoms with E-state index in [4.69, 9.17) is 24.3 Å². The lowest BCUT2D eigenvalue weighted by Crippen LogP contribution is -2.44. The van der Waals surface area contributed by atoms with Crippen molar-refractivity contribution in [3.05, 3.63) is 51.9 Å². The van der Waals surface area contributed by atoms with Crippen LogP contribution in [0.15, 0.2) is 41.0 Å². The number of carbonyl (C=O) groups excluding carboxylic acids is 3. The molecule has 3 rings (SSSR count). The van der Waals surface area contributed by atoms with Crippen molar-refractivity contribution in [3.8, 4) is 17.6 Å². The molecule has 2 heterocycles. The minimum absolute atomic E-state index is 0.0209. The monoisotopic (exact) mass is 589 g/mol. The van der Waals surface area contributed by atoms with Crippen LogP contribution in [0.3, 0.4) is 0 Å². The molecule has 5 atom stereocenters. The van der Waals surface area contributed by atoms with Gasteiger partial charge in [0.1, 0.15) is 18.5 Å². The summed E-state index contributed by atoms with van der Waals surface area (Å²) in [5, 5.41) is 18.7. The summed E-state index contributed by atoms with van der Waals surface area (Å²) in [6, 6.07) is 6.33. The van der Waals surface area contributed by atoms with Gasteiger partial charge in [-0.1, -0.05) is 23.0 Å². The molecular formula is C26H32N5O9P. The van der Waals surface area contributed by atoms with E-state index in [-0.39, 0.29) is 31.8 Å². The number of imide groups is 1. The smallest absolute Gasteiger partial charge is 0.266 e. The lowest BCUT2D eigenvalue weighted by atomic mass is 9.92. The normalized spacial score (nSPS) is 22.9. The predicted octanol–water partition coefficient (Wildman–Crippen LogP) is 1.74. The van der Waals surface area contributed by atoms with E-state index in [1.54, 1.807) is 25.1 Å². The van der Waals surface area contributed by atoms with Crippen molar-refractivity contribution in [1.29, 1.82) is 0 Å². The minimum atomic E-state index is -2.78. The van der Waals surface area contributed by atoms with Crippen LogP contribution in [0.1, 0.15) is 23.7 Å². The van der Waals surface area contributed by atoms with Gasteiger partial charge in [-0.2, -0.15) is 0 Å². The zero-order valence-electron chi connectivity index (χ0n) is 22.8. The fraction of sp³-hybridized carbons (Fsp3) is 0.500. The van der Waals surface area contributed by atoms with E-state index in [0.29, 0.717) is 17.9 Å². The first-order chi connectivity index (χ1) is 19.5. The molecule has 3 amide bonds. The second-order valence-corrected chi connectivity index (χ2v) is 12.2. The Bertz CT molecular complexity index is 1330. The molecule has 1 aromatic carbocycles. The standard InChI is InChI=1S/C26H32N5O9P/c1-4-37-23(30-31-27)15-38-18-9-5-7-16(11-18)24(33)28-10-6-8-17-12-19(26(35)29-25(17)34)21-13-20(32)22(40-21)14-39-41(2,3)36/h5,7,9,11-12,19-23,32H,4,10,13-15H2,1-3H3,(H,28,33)(H,29,34,35). The number of hydrogen-bond acceptors (Lipinski definition) is 10. The summed E-state index contributed by atoms with van der Waals surface area (Å²) in [6.45, 7) is 4.76. The van der Waals surface area contributed by atoms with E-state index < -0.39 is 55.5 Å². The summed E-state index contributed by atoms with van der Waals surface area (Å²) in [5.74, 6) is 3.13. The fourth-order valence-corrected chi connectivity index (χ4v) is 4.49. The highest BCUT2D eigenvalue weighted by molar-refractivity contribution is 7.57. The summed E-state index contributed by atoms with van der Waals surface area (Å²) < 4.78 is 33.7. The van der Waals surface area contributed by atoms with Crippen molar-refractivity contribution >= 4 is 25.1 Å². The number of azide groups is 1. The average Bonchev–Trinajstić information content (AvgIpc) is 3.29. The molecule has 3 N–H and O–H groups in total. The first-order valence-corrected chi connectivity index (χ1v) is 15.3. The van der Waals surface area contributed by atoms with E-state index in [1.165, 1.54) is 25.5 Å². The van der Waals surface area contributed by atoms with Crippen LogP contribution in [0.25, 0.3) is 10.4 Å². The van der Waals surface area contributed by atoms with Crippen LogP contribution in [0, 0.1) is 17.8 Å². The quantitative estimate of drug-likeness (QED) is 0.0812. The Morgan fingerprint density at radius 3 is 2.88 bits per heavy atom. The van der Waals surface area contributed by atoms with Gasteiger partial charge >= 0.3 is 0 Å². The van der Waals surface area contributed by atoms with Crippen molar-refractivity contribution in [1.82, 2.24) is 10.6 Å². The topological polar surface area (TPSA) is 198 Å². The van der Waals surface area contributed by atoms with Crippen LogP contribution in [-0.4, -0.2) is 87.1 Å². The average molecular weight is 590 g/mol. The molecule has 0 radical (unpaired) electrons. The Balaban J connectivity index is 1.58. The number of nitrogens with zero attached hydrogens (tertiary/aromatic N) is 3. The first-order valence-electron chi connectivity index (χ1n) is 12.8. The molecule has 5 unspecified atom stereocenters. The predicted molar refractivity (Wildman–Crippen MR) is 146 cm³/mol. The van der Waals surface area contributed by atoms with Gasteiger partial charge in [0.05, 0.1) is 36.9 Å². The van der Waals surface area contributed by atoms with E-state index in [0.717, 1.165) is 0 Å². The first kappa shape index (κ1) is 31.8. The highest BCUT2D eigenvalue weighted by atomic mass is 31.2. The molecular weight excluding hydrogens is 557 g/mol. The molecule has 2 aliphatic heterocycles. The minimum Gasteiger partial charge on any atom is -0.491 e. The van der Waals surface area contributed by atoms with E-state index >= 15 is 0 Å². The van der Waals surface area contributed by atoms with Crippen molar-refractivity contribution in [3.63, 3.8) is 0 Å². The number of benzene rings is 1. The summed E-state index contributed by atoms with van der Waals surface area (Å²) in [4.78, 5) is 40.0. The second-order valence-electron chi connectivity index (χ2n) is 9.43. The van der Waals surface area contributed by atoms with Gasteiger partial charge in [0.25, 0.3) is 11.8 Å². The highest BCUT2D eigenvalue weighted by Crippen LogP contribution is 2.39. The summed E-state index contributed by atoms with van der Waals surface area (Å²) in [6.07, 6.45) is -1.74. The molecule has 15 heteroatoms. The van der Waals surface area contributed by atoms with Crippen LogP contribution >= 0.6 is 7.37 Å². The Kier molecular flexibility index (Phi) is 11.5. The second kappa shape index (κ2) is 14.8. The molecule has 0 saturated carbocycles. The molecule has 0 spiro atoms. The molecule has 220 valence electrons. The zero-order valence-corrected chi connectivity index (χ0v) is 23.7. The third kappa shape index (κ3) is 9.72.